The number of benzene rings is 1. The SMILES string of the molecule is CCC1CNC(C)(CC)CN1Cc1ccc(O)cc1. The highest BCUT2D eigenvalue weighted by molar-refractivity contribution is 5.26. The van der Waals surface area contributed by atoms with Gasteiger partial charge in [0.15, 0.2) is 0 Å². The van der Waals surface area contributed by atoms with Crippen molar-refractivity contribution in [1.82, 2.24) is 10.2 Å². The number of nitrogens with one attached hydrogen (secondary N) is 1. The molecule has 1 aliphatic heterocycles. The van der Waals surface area contributed by atoms with Crippen LogP contribution in [0.15, 0.2) is 24.3 Å². The van der Waals surface area contributed by atoms with Gasteiger partial charge in [0.1, 0.15) is 5.75 Å². The molecule has 0 spiro atoms. The first kappa shape index (κ1) is 14.4. The van der Waals surface area contributed by atoms with Crippen LogP contribution in [0.25, 0.3) is 0 Å². The van der Waals surface area contributed by atoms with E-state index in [2.05, 4.69) is 31.0 Å². The average molecular weight is 262 g/mol. The molecule has 0 saturated carbocycles. The van der Waals surface area contributed by atoms with Gasteiger partial charge in [-0.3, -0.25) is 4.90 Å². The Balaban J connectivity index is 2.08. The predicted octanol–water partition coefficient (Wildman–Crippen LogP) is 2.74. The summed E-state index contributed by atoms with van der Waals surface area (Å²) in [5.74, 6) is 0.342. The van der Waals surface area contributed by atoms with Gasteiger partial charge in [0.25, 0.3) is 0 Å². The Morgan fingerprint density at radius 2 is 2.00 bits per heavy atom. The second-order valence-electron chi connectivity index (χ2n) is 5.93. The fraction of sp³-hybridized carbons (Fsp3) is 0.625. The van der Waals surface area contributed by atoms with Crippen molar-refractivity contribution in [2.75, 3.05) is 13.1 Å². The Hall–Kier alpha value is -1.06. The lowest BCUT2D eigenvalue weighted by molar-refractivity contribution is 0.0755. The smallest absolute Gasteiger partial charge is 0.115 e. The van der Waals surface area contributed by atoms with E-state index in [9.17, 15) is 5.11 Å². The van der Waals surface area contributed by atoms with E-state index in [1.807, 2.05) is 12.1 Å². The lowest BCUT2D eigenvalue weighted by Gasteiger charge is -2.46. The number of aromatic hydroxyl groups is 1. The summed E-state index contributed by atoms with van der Waals surface area (Å²) in [5.41, 5.74) is 1.50. The molecule has 19 heavy (non-hydrogen) atoms. The maximum absolute atomic E-state index is 9.36. The van der Waals surface area contributed by atoms with Crippen LogP contribution in [0.2, 0.25) is 0 Å². The Morgan fingerprint density at radius 1 is 1.32 bits per heavy atom. The Labute approximate surface area is 116 Å². The van der Waals surface area contributed by atoms with Gasteiger partial charge in [0.05, 0.1) is 0 Å². The van der Waals surface area contributed by atoms with Gasteiger partial charge >= 0.3 is 0 Å². The van der Waals surface area contributed by atoms with Gasteiger partial charge < -0.3 is 10.4 Å². The van der Waals surface area contributed by atoms with E-state index in [-0.39, 0.29) is 5.54 Å². The summed E-state index contributed by atoms with van der Waals surface area (Å²) in [7, 11) is 0. The van der Waals surface area contributed by atoms with Gasteiger partial charge in [-0.15, -0.1) is 0 Å². The third-order valence-corrected chi connectivity index (χ3v) is 4.41. The normalized spacial score (nSPS) is 28.5. The quantitative estimate of drug-likeness (QED) is 0.876. The van der Waals surface area contributed by atoms with Crippen LogP contribution >= 0.6 is 0 Å². The number of nitrogens with zero attached hydrogens (tertiary/aromatic N) is 1. The molecule has 0 aromatic heterocycles. The van der Waals surface area contributed by atoms with E-state index < -0.39 is 0 Å². The van der Waals surface area contributed by atoms with Crippen LogP contribution in [0.1, 0.15) is 39.2 Å². The lowest BCUT2D eigenvalue weighted by atomic mass is 9.92. The second kappa shape index (κ2) is 5.93. The van der Waals surface area contributed by atoms with E-state index in [0.29, 0.717) is 11.8 Å². The molecule has 2 atom stereocenters. The zero-order valence-corrected chi connectivity index (χ0v) is 12.3. The Kier molecular flexibility index (Phi) is 4.48. The Morgan fingerprint density at radius 3 is 2.58 bits per heavy atom. The lowest BCUT2D eigenvalue weighted by Crippen LogP contribution is -2.62. The van der Waals surface area contributed by atoms with Crippen LogP contribution < -0.4 is 5.32 Å². The maximum atomic E-state index is 9.36. The van der Waals surface area contributed by atoms with Crippen molar-refractivity contribution in [2.45, 2.75) is 51.7 Å². The highest BCUT2D eigenvalue weighted by atomic mass is 16.3. The molecular formula is C16H26N2O. The van der Waals surface area contributed by atoms with Crippen LogP contribution in [0, 0.1) is 0 Å². The van der Waals surface area contributed by atoms with Crippen LogP contribution in [0.3, 0.4) is 0 Å². The van der Waals surface area contributed by atoms with Crippen molar-refractivity contribution in [2.24, 2.45) is 0 Å². The fourth-order valence-corrected chi connectivity index (χ4v) is 2.79. The molecule has 3 heteroatoms. The van der Waals surface area contributed by atoms with Gasteiger partial charge in [-0.05, 0) is 37.5 Å². The van der Waals surface area contributed by atoms with Crippen LogP contribution in [0.4, 0.5) is 0 Å². The molecule has 1 aromatic carbocycles. The van der Waals surface area contributed by atoms with Crippen LogP contribution in [-0.4, -0.2) is 34.7 Å². The summed E-state index contributed by atoms with van der Waals surface area (Å²) in [6.07, 6.45) is 2.32. The summed E-state index contributed by atoms with van der Waals surface area (Å²) >= 11 is 0. The summed E-state index contributed by atoms with van der Waals surface area (Å²) in [5, 5.41) is 13.0. The molecule has 1 aliphatic rings. The summed E-state index contributed by atoms with van der Waals surface area (Å²) in [6, 6.07) is 8.20. The van der Waals surface area contributed by atoms with Gasteiger partial charge in [-0.2, -0.15) is 0 Å². The number of phenols is 1. The van der Waals surface area contributed by atoms with E-state index >= 15 is 0 Å². The largest absolute Gasteiger partial charge is 0.508 e. The first-order valence-electron chi connectivity index (χ1n) is 7.33. The standard InChI is InChI=1S/C16H26N2O/c1-4-14-10-17-16(3,5-2)12-18(14)11-13-6-8-15(19)9-7-13/h6-9,14,17,19H,4-5,10-12H2,1-3H3. The van der Waals surface area contributed by atoms with Crippen LogP contribution in [-0.2, 0) is 6.54 Å². The molecular weight excluding hydrogens is 236 g/mol. The van der Waals surface area contributed by atoms with E-state index in [4.69, 9.17) is 0 Å². The minimum absolute atomic E-state index is 0.225. The number of piperazine rings is 1. The molecule has 0 bridgehead atoms. The molecule has 0 aliphatic carbocycles. The van der Waals surface area contributed by atoms with Crippen molar-refractivity contribution in [3.63, 3.8) is 0 Å². The molecule has 1 heterocycles. The van der Waals surface area contributed by atoms with Gasteiger partial charge in [0, 0.05) is 31.2 Å². The minimum Gasteiger partial charge on any atom is -0.508 e. The zero-order chi connectivity index (χ0) is 13.9. The van der Waals surface area contributed by atoms with Gasteiger partial charge in [-0.25, -0.2) is 0 Å². The minimum atomic E-state index is 0.225. The van der Waals surface area contributed by atoms with E-state index in [1.165, 1.54) is 12.0 Å². The summed E-state index contributed by atoms with van der Waals surface area (Å²) in [6.45, 7) is 9.93. The molecule has 0 radical (unpaired) electrons. The highest BCUT2D eigenvalue weighted by Crippen LogP contribution is 2.23. The summed E-state index contributed by atoms with van der Waals surface area (Å²) in [4.78, 5) is 2.58. The molecule has 1 aromatic rings. The van der Waals surface area contributed by atoms with Crippen LogP contribution in [0.5, 0.6) is 5.75 Å². The van der Waals surface area contributed by atoms with Gasteiger partial charge in [0.2, 0.25) is 0 Å². The molecule has 2 N–H and O–H groups in total. The highest BCUT2D eigenvalue weighted by Gasteiger charge is 2.33. The van der Waals surface area contributed by atoms with E-state index in [1.54, 1.807) is 12.1 Å². The van der Waals surface area contributed by atoms with Crippen molar-refractivity contribution in [1.29, 1.82) is 0 Å². The molecule has 2 rings (SSSR count). The van der Waals surface area contributed by atoms with Gasteiger partial charge in [-0.1, -0.05) is 26.0 Å². The summed E-state index contributed by atoms with van der Waals surface area (Å²) < 4.78 is 0. The predicted molar refractivity (Wildman–Crippen MR) is 79.3 cm³/mol. The number of hydrogen-bond donors (Lipinski definition) is 2. The van der Waals surface area contributed by atoms with E-state index in [0.717, 1.165) is 26.1 Å². The maximum Gasteiger partial charge on any atom is 0.115 e. The molecule has 0 amide bonds. The molecule has 2 unspecified atom stereocenters. The van der Waals surface area contributed by atoms with Crippen molar-refractivity contribution in [3.05, 3.63) is 29.8 Å². The zero-order valence-electron chi connectivity index (χ0n) is 12.3. The number of phenolic OH excluding ortho intramolecular Hbond substituents is 1. The molecule has 106 valence electrons. The fourth-order valence-electron chi connectivity index (χ4n) is 2.79. The van der Waals surface area contributed by atoms with Crippen molar-refractivity contribution < 1.29 is 5.11 Å². The monoisotopic (exact) mass is 262 g/mol. The molecule has 1 fully saturated rings. The topological polar surface area (TPSA) is 35.5 Å². The number of hydrogen-bond acceptors (Lipinski definition) is 3. The number of rotatable bonds is 4. The van der Waals surface area contributed by atoms with Crippen molar-refractivity contribution in [3.8, 4) is 5.75 Å². The third-order valence-electron chi connectivity index (χ3n) is 4.41. The average Bonchev–Trinajstić information content (AvgIpc) is 2.42. The third kappa shape index (κ3) is 3.48. The molecule has 1 saturated heterocycles. The Bertz CT molecular complexity index is 404. The van der Waals surface area contributed by atoms with Crippen molar-refractivity contribution >= 4 is 0 Å². The second-order valence-corrected chi connectivity index (χ2v) is 5.93. The first-order valence-corrected chi connectivity index (χ1v) is 7.33. The first-order chi connectivity index (χ1) is 9.06. The molecule has 3 nitrogen and oxygen atoms in total.